The Hall–Kier alpha value is -3.70. The number of hydrogen-bond acceptors (Lipinski definition) is 5. The highest BCUT2D eigenvalue weighted by molar-refractivity contribution is 6.28. The average Bonchev–Trinajstić information content (AvgIpc) is 2.73. The Balaban J connectivity index is 1.42. The molecule has 0 spiro atoms. The van der Waals surface area contributed by atoms with Crippen LogP contribution in [0.1, 0.15) is 0 Å². The lowest BCUT2D eigenvalue weighted by Gasteiger charge is -2.10. The molecule has 0 fully saturated rings. The smallest absolute Gasteiger partial charge is 0.233 e. The SMILES string of the molecule is Clc1nc(Nc2ccc3ccccc3c2)nc(Nc2ccc3ccccc3c2)n1. The lowest BCUT2D eigenvalue weighted by Crippen LogP contribution is -2.04. The molecule has 140 valence electrons. The van der Waals surface area contributed by atoms with Gasteiger partial charge >= 0.3 is 0 Å². The molecular weight excluding hydrogens is 382 g/mol. The molecule has 2 N–H and O–H groups in total. The van der Waals surface area contributed by atoms with E-state index in [0.717, 1.165) is 22.1 Å². The number of aromatic nitrogens is 3. The lowest BCUT2D eigenvalue weighted by atomic mass is 10.1. The van der Waals surface area contributed by atoms with Crippen LogP contribution in [0.15, 0.2) is 84.9 Å². The first-order valence-electron chi connectivity index (χ1n) is 9.16. The second kappa shape index (κ2) is 7.37. The molecule has 0 radical (unpaired) electrons. The van der Waals surface area contributed by atoms with Crippen LogP contribution in [0.5, 0.6) is 0 Å². The Morgan fingerprint density at radius 1 is 0.517 bits per heavy atom. The lowest BCUT2D eigenvalue weighted by molar-refractivity contribution is 1.06. The predicted molar refractivity (Wildman–Crippen MR) is 119 cm³/mol. The van der Waals surface area contributed by atoms with Gasteiger partial charge in [-0.05, 0) is 57.4 Å². The maximum absolute atomic E-state index is 6.13. The molecular formula is C23H16ClN5. The summed E-state index contributed by atoms with van der Waals surface area (Å²) in [5.41, 5.74) is 1.75. The molecule has 5 aromatic rings. The second-order valence-electron chi connectivity index (χ2n) is 6.63. The Morgan fingerprint density at radius 3 is 1.45 bits per heavy atom. The van der Waals surface area contributed by atoms with Gasteiger partial charge in [-0.3, -0.25) is 0 Å². The van der Waals surface area contributed by atoms with E-state index in [-0.39, 0.29) is 5.28 Å². The van der Waals surface area contributed by atoms with Gasteiger partial charge in [0.1, 0.15) is 0 Å². The molecule has 0 aliphatic rings. The fourth-order valence-corrected chi connectivity index (χ4v) is 3.41. The van der Waals surface area contributed by atoms with Crippen LogP contribution in [-0.4, -0.2) is 15.0 Å². The molecule has 0 amide bonds. The normalized spacial score (nSPS) is 10.9. The molecule has 1 aromatic heterocycles. The zero-order valence-corrected chi connectivity index (χ0v) is 16.1. The molecule has 29 heavy (non-hydrogen) atoms. The van der Waals surface area contributed by atoms with Crippen molar-refractivity contribution in [2.45, 2.75) is 0 Å². The van der Waals surface area contributed by atoms with E-state index in [2.05, 4.69) is 62.0 Å². The van der Waals surface area contributed by atoms with Gasteiger partial charge in [0, 0.05) is 11.4 Å². The van der Waals surface area contributed by atoms with Crippen molar-refractivity contribution in [1.82, 2.24) is 15.0 Å². The molecule has 5 rings (SSSR count). The Labute approximate surface area is 172 Å². The maximum Gasteiger partial charge on any atom is 0.233 e. The molecule has 0 saturated heterocycles. The Bertz CT molecular complexity index is 1240. The van der Waals surface area contributed by atoms with Gasteiger partial charge in [0.05, 0.1) is 0 Å². The summed E-state index contributed by atoms with van der Waals surface area (Å²) in [6, 6.07) is 28.5. The minimum atomic E-state index is 0.117. The van der Waals surface area contributed by atoms with Crippen molar-refractivity contribution >= 4 is 56.4 Å². The molecule has 0 unspecified atom stereocenters. The molecule has 0 saturated carbocycles. The van der Waals surface area contributed by atoms with Crippen molar-refractivity contribution < 1.29 is 0 Å². The molecule has 5 nitrogen and oxygen atoms in total. The van der Waals surface area contributed by atoms with Gasteiger partial charge in [0.2, 0.25) is 17.2 Å². The number of nitrogens with zero attached hydrogens (tertiary/aromatic N) is 3. The van der Waals surface area contributed by atoms with Crippen molar-refractivity contribution in [2.24, 2.45) is 0 Å². The number of benzene rings is 4. The van der Waals surface area contributed by atoms with Crippen LogP contribution in [0.3, 0.4) is 0 Å². The van der Waals surface area contributed by atoms with Crippen molar-refractivity contribution in [1.29, 1.82) is 0 Å². The summed E-state index contributed by atoms with van der Waals surface area (Å²) >= 11 is 6.13. The third kappa shape index (κ3) is 3.81. The average molecular weight is 398 g/mol. The fraction of sp³-hybridized carbons (Fsp3) is 0. The van der Waals surface area contributed by atoms with E-state index in [0.29, 0.717) is 11.9 Å². The standard InChI is InChI=1S/C23H16ClN5/c24-21-27-22(25-19-11-9-15-5-1-3-7-17(15)13-19)29-23(28-21)26-20-12-10-16-6-2-4-8-18(16)14-20/h1-14H,(H2,25,26,27,28,29). The highest BCUT2D eigenvalue weighted by atomic mass is 35.5. The van der Waals surface area contributed by atoms with Crippen LogP contribution in [0.25, 0.3) is 21.5 Å². The Morgan fingerprint density at radius 2 is 0.966 bits per heavy atom. The van der Waals surface area contributed by atoms with E-state index in [1.807, 2.05) is 48.5 Å². The molecule has 0 aliphatic carbocycles. The van der Waals surface area contributed by atoms with Crippen LogP contribution in [-0.2, 0) is 0 Å². The molecule has 1 heterocycles. The maximum atomic E-state index is 6.13. The topological polar surface area (TPSA) is 62.7 Å². The first-order valence-corrected chi connectivity index (χ1v) is 9.54. The van der Waals surface area contributed by atoms with Gasteiger partial charge in [0.25, 0.3) is 0 Å². The Kier molecular flexibility index (Phi) is 4.42. The van der Waals surface area contributed by atoms with Crippen LogP contribution in [0.2, 0.25) is 5.28 Å². The first-order chi connectivity index (χ1) is 14.2. The molecule has 6 heteroatoms. The van der Waals surface area contributed by atoms with Crippen molar-refractivity contribution in [3.63, 3.8) is 0 Å². The monoisotopic (exact) mass is 397 g/mol. The molecule has 0 bridgehead atoms. The van der Waals surface area contributed by atoms with Gasteiger partial charge in [0.15, 0.2) is 0 Å². The zero-order chi connectivity index (χ0) is 19.6. The minimum Gasteiger partial charge on any atom is -0.324 e. The minimum absolute atomic E-state index is 0.117. The summed E-state index contributed by atoms with van der Waals surface area (Å²) in [6.45, 7) is 0. The summed E-state index contributed by atoms with van der Waals surface area (Å²) in [6.07, 6.45) is 0. The summed E-state index contributed by atoms with van der Waals surface area (Å²) < 4.78 is 0. The number of halogens is 1. The first kappa shape index (κ1) is 17.4. The van der Waals surface area contributed by atoms with E-state index < -0.39 is 0 Å². The van der Waals surface area contributed by atoms with Crippen molar-refractivity contribution in [3.8, 4) is 0 Å². The van der Waals surface area contributed by atoms with Gasteiger partial charge in [-0.2, -0.15) is 15.0 Å². The summed E-state index contributed by atoms with van der Waals surface area (Å²) in [5.74, 6) is 0.757. The quantitative estimate of drug-likeness (QED) is 0.371. The number of anilines is 4. The summed E-state index contributed by atoms with van der Waals surface area (Å²) in [5, 5.41) is 11.1. The van der Waals surface area contributed by atoms with Gasteiger partial charge in [-0.15, -0.1) is 0 Å². The van der Waals surface area contributed by atoms with E-state index in [9.17, 15) is 0 Å². The molecule has 4 aromatic carbocycles. The molecule has 0 aliphatic heterocycles. The van der Waals surface area contributed by atoms with Crippen molar-refractivity contribution in [2.75, 3.05) is 10.6 Å². The van der Waals surface area contributed by atoms with E-state index in [4.69, 9.17) is 11.6 Å². The van der Waals surface area contributed by atoms with Gasteiger partial charge in [-0.1, -0.05) is 60.7 Å². The van der Waals surface area contributed by atoms with Crippen molar-refractivity contribution in [3.05, 3.63) is 90.2 Å². The van der Waals surface area contributed by atoms with E-state index in [1.165, 1.54) is 10.8 Å². The van der Waals surface area contributed by atoms with Crippen LogP contribution >= 0.6 is 11.6 Å². The third-order valence-electron chi connectivity index (χ3n) is 4.62. The van der Waals surface area contributed by atoms with Crippen LogP contribution in [0.4, 0.5) is 23.3 Å². The van der Waals surface area contributed by atoms with Gasteiger partial charge in [-0.25, -0.2) is 0 Å². The van der Waals surface area contributed by atoms with E-state index >= 15 is 0 Å². The van der Waals surface area contributed by atoms with Crippen LogP contribution in [0, 0.1) is 0 Å². The summed E-state index contributed by atoms with van der Waals surface area (Å²) in [4.78, 5) is 12.8. The van der Waals surface area contributed by atoms with Gasteiger partial charge < -0.3 is 10.6 Å². The van der Waals surface area contributed by atoms with Crippen LogP contribution < -0.4 is 10.6 Å². The highest BCUT2D eigenvalue weighted by Gasteiger charge is 2.07. The molecule has 0 atom stereocenters. The number of rotatable bonds is 4. The number of hydrogen-bond donors (Lipinski definition) is 2. The number of nitrogens with one attached hydrogen (secondary N) is 2. The third-order valence-corrected chi connectivity index (χ3v) is 4.79. The number of fused-ring (bicyclic) bond motifs is 2. The zero-order valence-electron chi connectivity index (χ0n) is 15.3. The predicted octanol–water partition coefficient (Wildman–Crippen LogP) is 6.32. The van der Waals surface area contributed by atoms with E-state index in [1.54, 1.807) is 0 Å². The summed E-state index contributed by atoms with van der Waals surface area (Å²) in [7, 11) is 0. The highest BCUT2D eigenvalue weighted by Crippen LogP contribution is 2.24. The second-order valence-corrected chi connectivity index (χ2v) is 6.96. The fourth-order valence-electron chi connectivity index (χ4n) is 3.25. The largest absolute Gasteiger partial charge is 0.324 e.